The molecule has 1 aromatic rings. The molecular formula is C13H15N3O5. The van der Waals surface area contributed by atoms with Crippen LogP contribution in [0.3, 0.4) is 0 Å². The highest BCUT2D eigenvalue weighted by molar-refractivity contribution is 5.96. The second kappa shape index (κ2) is 6.12. The minimum atomic E-state index is -1.11. The molecule has 0 bridgehead atoms. The van der Waals surface area contributed by atoms with Crippen molar-refractivity contribution in [3.63, 3.8) is 0 Å². The van der Waals surface area contributed by atoms with Crippen molar-refractivity contribution in [2.45, 2.75) is 0 Å². The first-order valence-electron chi connectivity index (χ1n) is 6.25. The lowest BCUT2D eigenvalue weighted by Gasteiger charge is -2.27. The number of hydrogen-bond acceptors (Lipinski definition) is 4. The topological polar surface area (TPSA) is 108 Å². The van der Waals surface area contributed by atoms with Crippen LogP contribution in [0.25, 0.3) is 0 Å². The molecule has 0 unspecified atom stereocenters. The number of aromatic carboxylic acids is 1. The quantitative estimate of drug-likeness (QED) is 0.745. The van der Waals surface area contributed by atoms with E-state index in [-0.39, 0.29) is 23.7 Å². The number of amides is 3. The van der Waals surface area contributed by atoms with Gasteiger partial charge >= 0.3 is 12.0 Å². The van der Waals surface area contributed by atoms with E-state index in [1.165, 1.54) is 30.2 Å². The SMILES string of the molecule is COc1ccc(C(=O)O)cc1NC(=O)N1CCNC(=O)C1. The first-order valence-corrected chi connectivity index (χ1v) is 6.25. The largest absolute Gasteiger partial charge is 0.495 e. The predicted molar refractivity (Wildman–Crippen MR) is 73.6 cm³/mol. The third kappa shape index (κ3) is 3.41. The van der Waals surface area contributed by atoms with E-state index in [0.29, 0.717) is 18.8 Å². The summed E-state index contributed by atoms with van der Waals surface area (Å²) in [6.07, 6.45) is 0. The molecule has 0 aromatic heterocycles. The number of piperazine rings is 1. The number of ether oxygens (including phenoxy) is 1. The maximum atomic E-state index is 12.1. The molecule has 2 rings (SSSR count). The van der Waals surface area contributed by atoms with Crippen LogP contribution in [-0.4, -0.2) is 54.7 Å². The van der Waals surface area contributed by atoms with Gasteiger partial charge in [0.05, 0.1) is 18.4 Å². The van der Waals surface area contributed by atoms with E-state index in [1.54, 1.807) is 0 Å². The number of rotatable bonds is 3. The van der Waals surface area contributed by atoms with Gasteiger partial charge in [-0.05, 0) is 18.2 Å². The van der Waals surface area contributed by atoms with Crippen molar-refractivity contribution < 1.29 is 24.2 Å². The fourth-order valence-electron chi connectivity index (χ4n) is 1.94. The number of carbonyl (C=O) groups excluding carboxylic acids is 2. The van der Waals surface area contributed by atoms with E-state index in [4.69, 9.17) is 9.84 Å². The Morgan fingerprint density at radius 2 is 2.19 bits per heavy atom. The summed E-state index contributed by atoms with van der Waals surface area (Å²) in [7, 11) is 1.42. The van der Waals surface area contributed by atoms with Gasteiger partial charge < -0.3 is 25.4 Å². The first kappa shape index (κ1) is 14.6. The maximum absolute atomic E-state index is 12.1. The van der Waals surface area contributed by atoms with E-state index < -0.39 is 12.0 Å². The molecule has 8 heteroatoms. The Bertz CT molecular complexity index is 587. The van der Waals surface area contributed by atoms with Crippen molar-refractivity contribution in [2.24, 2.45) is 0 Å². The van der Waals surface area contributed by atoms with Gasteiger partial charge in [-0.3, -0.25) is 4.79 Å². The Hall–Kier alpha value is -2.77. The molecule has 3 N–H and O–H groups in total. The van der Waals surface area contributed by atoms with E-state index in [2.05, 4.69) is 10.6 Å². The van der Waals surface area contributed by atoms with Crippen molar-refractivity contribution in [3.8, 4) is 5.75 Å². The molecular weight excluding hydrogens is 278 g/mol. The minimum Gasteiger partial charge on any atom is -0.495 e. The van der Waals surface area contributed by atoms with Gasteiger partial charge in [-0.25, -0.2) is 9.59 Å². The number of carboxylic acids is 1. The monoisotopic (exact) mass is 293 g/mol. The molecule has 1 aliphatic heterocycles. The van der Waals surface area contributed by atoms with Crippen molar-refractivity contribution in [1.29, 1.82) is 0 Å². The summed E-state index contributed by atoms with van der Waals surface area (Å²) in [6, 6.07) is 3.67. The van der Waals surface area contributed by atoms with E-state index in [0.717, 1.165) is 0 Å². The van der Waals surface area contributed by atoms with Crippen molar-refractivity contribution in [2.75, 3.05) is 32.1 Å². The number of urea groups is 1. The molecule has 0 saturated carbocycles. The average Bonchev–Trinajstić information content (AvgIpc) is 2.47. The predicted octanol–water partition coefficient (Wildman–Crippen LogP) is 0.357. The molecule has 0 atom stereocenters. The summed E-state index contributed by atoms with van der Waals surface area (Å²) in [5, 5.41) is 14.2. The summed E-state index contributed by atoms with van der Waals surface area (Å²) in [6.45, 7) is 0.740. The van der Waals surface area contributed by atoms with E-state index in [9.17, 15) is 14.4 Å². The third-order valence-electron chi connectivity index (χ3n) is 3.01. The smallest absolute Gasteiger partial charge is 0.335 e. The molecule has 1 saturated heterocycles. The van der Waals surface area contributed by atoms with Gasteiger partial charge in [0.2, 0.25) is 5.91 Å². The van der Waals surface area contributed by atoms with Gasteiger partial charge in [0, 0.05) is 13.1 Å². The van der Waals surface area contributed by atoms with Gasteiger partial charge in [0.25, 0.3) is 0 Å². The fraction of sp³-hybridized carbons (Fsp3) is 0.308. The lowest BCUT2D eigenvalue weighted by atomic mass is 10.2. The molecule has 3 amide bonds. The molecule has 1 fully saturated rings. The fourth-order valence-corrected chi connectivity index (χ4v) is 1.94. The zero-order chi connectivity index (χ0) is 15.4. The summed E-state index contributed by atoms with van der Waals surface area (Å²) < 4.78 is 5.08. The van der Waals surface area contributed by atoms with Gasteiger partial charge in [0.15, 0.2) is 0 Å². The Labute approximate surface area is 120 Å². The highest BCUT2D eigenvalue weighted by atomic mass is 16.5. The van der Waals surface area contributed by atoms with Crippen molar-refractivity contribution >= 4 is 23.6 Å². The number of nitrogens with zero attached hydrogens (tertiary/aromatic N) is 1. The van der Waals surface area contributed by atoms with Crippen LogP contribution in [0, 0.1) is 0 Å². The molecule has 1 aromatic carbocycles. The van der Waals surface area contributed by atoms with Crippen molar-refractivity contribution in [1.82, 2.24) is 10.2 Å². The number of carboxylic acid groups (broad SMARTS) is 1. The van der Waals surface area contributed by atoms with Crippen LogP contribution in [0.15, 0.2) is 18.2 Å². The minimum absolute atomic E-state index is 0.0301. The van der Waals surface area contributed by atoms with Crippen LogP contribution in [0.2, 0.25) is 0 Å². The molecule has 1 heterocycles. The molecule has 112 valence electrons. The van der Waals surface area contributed by atoms with E-state index >= 15 is 0 Å². The molecule has 8 nitrogen and oxygen atoms in total. The van der Waals surface area contributed by atoms with Crippen LogP contribution in [-0.2, 0) is 4.79 Å². The lowest BCUT2D eigenvalue weighted by molar-refractivity contribution is -0.123. The second-order valence-corrected chi connectivity index (χ2v) is 4.42. The molecule has 21 heavy (non-hydrogen) atoms. The van der Waals surface area contributed by atoms with Crippen LogP contribution < -0.4 is 15.4 Å². The van der Waals surface area contributed by atoms with Gasteiger partial charge in [-0.1, -0.05) is 0 Å². The number of carbonyl (C=O) groups is 3. The number of hydrogen-bond donors (Lipinski definition) is 3. The number of anilines is 1. The Morgan fingerprint density at radius 1 is 1.43 bits per heavy atom. The summed E-state index contributed by atoms with van der Waals surface area (Å²) in [5.74, 6) is -0.997. The second-order valence-electron chi connectivity index (χ2n) is 4.42. The standard InChI is InChI=1S/C13H15N3O5/c1-21-10-3-2-8(12(18)19)6-9(10)15-13(20)16-5-4-14-11(17)7-16/h2-3,6H,4-5,7H2,1H3,(H,14,17)(H,15,20)(H,18,19). The highest BCUT2D eigenvalue weighted by Crippen LogP contribution is 2.26. The number of nitrogens with one attached hydrogen (secondary N) is 2. The number of benzene rings is 1. The molecule has 0 radical (unpaired) electrons. The summed E-state index contributed by atoms with van der Waals surface area (Å²) >= 11 is 0. The third-order valence-corrected chi connectivity index (χ3v) is 3.01. The highest BCUT2D eigenvalue weighted by Gasteiger charge is 2.22. The first-order chi connectivity index (χ1) is 10.0. The molecule has 0 aliphatic carbocycles. The van der Waals surface area contributed by atoms with Crippen LogP contribution in [0.1, 0.15) is 10.4 Å². The van der Waals surface area contributed by atoms with Gasteiger partial charge in [0.1, 0.15) is 12.3 Å². The average molecular weight is 293 g/mol. The van der Waals surface area contributed by atoms with Crippen LogP contribution >= 0.6 is 0 Å². The summed E-state index contributed by atoms with van der Waals surface area (Å²) in [4.78, 5) is 35.7. The maximum Gasteiger partial charge on any atom is 0.335 e. The van der Waals surface area contributed by atoms with Gasteiger partial charge in [-0.2, -0.15) is 0 Å². The lowest BCUT2D eigenvalue weighted by Crippen LogP contribution is -2.51. The van der Waals surface area contributed by atoms with E-state index in [1.807, 2.05) is 0 Å². The zero-order valence-electron chi connectivity index (χ0n) is 11.4. The Morgan fingerprint density at radius 3 is 2.81 bits per heavy atom. The zero-order valence-corrected chi connectivity index (χ0v) is 11.4. The normalized spacial score (nSPS) is 14.3. The van der Waals surface area contributed by atoms with Crippen LogP contribution in [0.5, 0.6) is 5.75 Å². The summed E-state index contributed by atoms with van der Waals surface area (Å²) in [5.41, 5.74) is 0.274. The van der Waals surface area contributed by atoms with Crippen LogP contribution in [0.4, 0.5) is 10.5 Å². The number of methoxy groups -OCH3 is 1. The Kier molecular flexibility index (Phi) is 4.27. The molecule has 0 spiro atoms. The Balaban J connectivity index is 2.17. The van der Waals surface area contributed by atoms with Crippen molar-refractivity contribution in [3.05, 3.63) is 23.8 Å². The van der Waals surface area contributed by atoms with Gasteiger partial charge in [-0.15, -0.1) is 0 Å². The molecule has 1 aliphatic rings.